The highest BCUT2D eigenvalue weighted by Gasteiger charge is 2.17. The molecule has 5 nitrogen and oxygen atoms in total. The van der Waals surface area contributed by atoms with Crippen molar-refractivity contribution in [3.05, 3.63) is 65.9 Å². The van der Waals surface area contributed by atoms with E-state index in [1.807, 2.05) is 18.3 Å². The molecule has 1 aromatic heterocycles. The minimum Gasteiger partial charge on any atom is -0.369 e. The molecule has 2 aromatic carbocycles. The minimum absolute atomic E-state index is 0.133. The first-order chi connectivity index (χ1) is 14.2. The Hall–Kier alpha value is -2.79. The molecule has 3 aromatic rings. The Bertz CT molecular complexity index is 956. The molecule has 1 aliphatic rings. The number of nitrogens with one attached hydrogen (secondary N) is 2. The number of amides is 1. The second-order valence-electron chi connectivity index (χ2n) is 7.88. The summed E-state index contributed by atoms with van der Waals surface area (Å²) in [4.78, 5) is 20.4. The molecule has 0 saturated carbocycles. The van der Waals surface area contributed by atoms with Crippen LogP contribution in [0.4, 0.5) is 5.69 Å². The van der Waals surface area contributed by atoms with Crippen molar-refractivity contribution >= 4 is 22.5 Å². The molecule has 5 heteroatoms. The number of anilines is 1. The van der Waals surface area contributed by atoms with E-state index in [1.165, 1.54) is 22.2 Å². The molecule has 4 rings (SSSR count). The van der Waals surface area contributed by atoms with E-state index in [9.17, 15) is 4.79 Å². The third-order valence-electron chi connectivity index (χ3n) is 5.79. The lowest BCUT2D eigenvalue weighted by Gasteiger charge is -2.36. The maximum atomic E-state index is 12.2. The third-order valence-corrected chi connectivity index (χ3v) is 5.79. The van der Waals surface area contributed by atoms with Crippen LogP contribution in [-0.4, -0.2) is 55.1 Å². The quantitative estimate of drug-likeness (QED) is 0.651. The number of H-pyrrole nitrogens is 1. The van der Waals surface area contributed by atoms with Gasteiger partial charge in [-0.25, -0.2) is 0 Å². The normalized spacial score (nSPS) is 15.0. The van der Waals surface area contributed by atoms with E-state index in [-0.39, 0.29) is 5.91 Å². The van der Waals surface area contributed by atoms with Crippen molar-refractivity contribution in [1.82, 2.24) is 15.2 Å². The van der Waals surface area contributed by atoms with E-state index in [2.05, 4.69) is 63.4 Å². The molecular weight excluding hydrogens is 360 g/mol. The van der Waals surface area contributed by atoms with Gasteiger partial charge in [0.2, 0.25) is 5.91 Å². The fraction of sp³-hybridized carbons (Fsp3) is 0.375. The number of aromatic amines is 1. The van der Waals surface area contributed by atoms with Gasteiger partial charge in [0.05, 0.1) is 0 Å². The largest absolute Gasteiger partial charge is 0.369 e. The van der Waals surface area contributed by atoms with Crippen molar-refractivity contribution in [2.24, 2.45) is 0 Å². The van der Waals surface area contributed by atoms with E-state index in [0.717, 1.165) is 51.2 Å². The molecule has 0 spiro atoms. The summed E-state index contributed by atoms with van der Waals surface area (Å²) >= 11 is 0. The number of hydrogen-bond donors (Lipinski definition) is 2. The number of carbonyl (C=O) groups is 1. The maximum absolute atomic E-state index is 12.2. The highest BCUT2D eigenvalue weighted by molar-refractivity contribution is 5.84. The molecule has 0 aliphatic carbocycles. The van der Waals surface area contributed by atoms with E-state index in [4.69, 9.17) is 0 Å². The molecule has 2 N–H and O–H groups in total. The van der Waals surface area contributed by atoms with Gasteiger partial charge in [0.1, 0.15) is 0 Å². The molecule has 0 radical (unpaired) electrons. The van der Waals surface area contributed by atoms with Crippen LogP contribution < -0.4 is 10.2 Å². The Labute approximate surface area is 172 Å². The number of rotatable bonds is 7. The van der Waals surface area contributed by atoms with Crippen LogP contribution in [0.25, 0.3) is 10.9 Å². The van der Waals surface area contributed by atoms with Gasteiger partial charge in [-0.2, -0.15) is 0 Å². The number of benzene rings is 2. The summed E-state index contributed by atoms with van der Waals surface area (Å²) in [7, 11) is 0. The van der Waals surface area contributed by atoms with Crippen LogP contribution in [0.2, 0.25) is 0 Å². The number of nitrogens with zero attached hydrogens (tertiary/aromatic N) is 2. The van der Waals surface area contributed by atoms with Gasteiger partial charge < -0.3 is 15.2 Å². The van der Waals surface area contributed by atoms with Crippen LogP contribution >= 0.6 is 0 Å². The minimum atomic E-state index is 0.133. The highest BCUT2D eigenvalue weighted by atomic mass is 16.1. The van der Waals surface area contributed by atoms with Crippen molar-refractivity contribution in [2.75, 3.05) is 44.2 Å². The summed E-state index contributed by atoms with van der Waals surface area (Å²) in [6.45, 7) is 7.94. The van der Waals surface area contributed by atoms with Crippen molar-refractivity contribution in [3.63, 3.8) is 0 Å². The standard InChI is InChI=1S/C24H30N4O/c1-19-5-4-6-21(17-19)28-15-13-27(14-16-28)12-11-25-24(29)10-9-20-18-26-23-8-3-2-7-22(20)23/h2-8,17-18,26H,9-16H2,1H3,(H,25,29). The molecule has 1 amide bonds. The first-order valence-electron chi connectivity index (χ1n) is 10.5. The fourth-order valence-electron chi connectivity index (χ4n) is 4.08. The number of para-hydroxylation sites is 1. The molecule has 1 saturated heterocycles. The van der Waals surface area contributed by atoms with Crippen LogP contribution in [-0.2, 0) is 11.2 Å². The van der Waals surface area contributed by atoms with Gasteiger partial charge in [-0.3, -0.25) is 9.69 Å². The monoisotopic (exact) mass is 390 g/mol. The number of piperazine rings is 1. The van der Waals surface area contributed by atoms with Crippen LogP contribution in [0.5, 0.6) is 0 Å². The van der Waals surface area contributed by atoms with Gasteiger partial charge >= 0.3 is 0 Å². The van der Waals surface area contributed by atoms with Crippen LogP contribution in [0.1, 0.15) is 17.5 Å². The Kier molecular flexibility index (Phi) is 6.15. The number of hydrogen-bond acceptors (Lipinski definition) is 3. The van der Waals surface area contributed by atoms with E-state index in [1.54, 1.807) is 0 Å². The SMILES string of the molecule is Cc1cccc(N2CCN(CCNC(=O)CCc3c[nH]c4ccccc34)CC2)c1. The zero-order chi connectivity index (χ0) is 20.1. The summed E-state index contributed by atoms with van der Waals surface area (Å²) in [6, 6.07) is 16.9. The lowest BCUT2D eigenvalue weighted by molar-refractivity contribution is -0.121. The van der Waals surface area contributed by atoms with E-state index in [0.29, 0.717) is 6.42 Å². The van der Waals surface area contributed by atoms with Crippen molar-refractivity contribution < 1.29 is 4.79 Å². The van der Waals surface area contributed by atoms with Crippen molar-refractivity contribution in [3.8, 4) is 0 Å². The molecule has 152 valence electrons. The summed E-state index contributed by atoms with van der Waals surface area (Å²) in [6.07, 6.45) is 3.32. The van der Waals surface area contributed by atoms with Crippen molar-refractivity contribution in [2.45, 2.75) is 19.8 Å². The molecule has 1 aliphatic heterocycles. The molecule has 2 heterocycles. The average Bonchev–Trinajstić information content (AvgIpc) is 3.16. The van der Waals surface area contributed by atoms with E-state index >= 15 is 0 Å². The Balaban J connectivity index is 1.16. The average molecular weight is 391 g/mol. The number of carbonyl (C=O) groups excluding carboxylic acids is 1. The third kappa shape index (κ3) is 4.98. The van der Waals surface area contributed by atoms with Crippen LogP contribution in [0.15, 0.2) is 54.7 Å². The Morgan fingerprint density at radius 1 is 1.07 bits per heavy atom. The summed E-state index contributed by atoms with van der Waals surface area (Å²) in [5.41, 5.74) is 4.96. The second-order valence-corrected chi connectivity index (χ2v) is 7.88. The highest BCUT2D eigenvalue weighted by Crippen LogP contribution is 2.19. The lowest BCUT2D eigenvalue weighted by atomic mass is 10.1. The van der Waals surface area contributed by atoms with Gasteiger partial charge in [0, 0.05) is 68.5 Å². The van der Waals surface area contributed by atoms with Gasteiger partial charge in [-0.15, -0.1) is 0 Å². The van der Waals surface area contributed by atoms with E-state index < -0.39 is 0 Å². The van der Waals surface area contributed by atoms with Gasteiger partial charge in [0.25, 0.3) is 0 Å². The van der Waals surface area contributed by atoms with Crippen molar-refractivity contribution in [1.29, 1.82) is 0 Å². The molecule has 1 fully saturated rings. The summed E-state index contributed by atoms with van der Waals surface area (Å²) < 4.78 is 0. The molecular formula is C24H30N4O. The topological polar surface area (TPSA) is 51.4 Å². The first kappa shape index (κ1) is 19.5. The zero-order valence-electron chi connectivity index (χ0n) is 17.2. The molecule has 0 bridgehead atoms. The zero-order valence-corrected chi connectivity index (χ0v) is 17.2. The lowest BCUT2D eigenvalue weighted by Crippen LogP contribution is -2.48. The number of aryl methyl sites for hydroxylation is 2. The maximum Gasteiger partial charge on any atom is 0.220 e. The number of fused-ring (bicyclic) bond motifs is 1. The molecule has 0 unspecified atom stereocenters. The predicted octanol–water partition coefficient (Wildman–Crippen LogP) is 3.35. The van der Waals surface area contributed by atoms with Crippen LogP contribution in [0.3, 0.4) is 0 Å². The molecule has 0 atom stereocenters. The summed E-state index contributed by atoms with van der Waals surface area (Å²) in [5, 5.41) is 4.30. The fourth-order valence-corrected chi connectivity index (χ4v) is 4.08. The predicted molar refractivity (Wildman–Crippen MR) is 119 cm³/mol. The van der Waals surface area contributed by atoms with Crippen LogP contribution in [0, 0.1) is 6.92 Å². The second kappa shape index (κ2) is 9.14. The Morgan fingerprint density at radius 2 is 1.90 bits per heavy atom. The Morgan fingerprint density at radius 3 is 2.72 bits per heavy atom. The first-order valence-corrected chi connectivity index (χ1v) is 10.5. The molecule has 29 heavy (non-hydrogen) atoms. The van der Waals surface area contributed by atoms with Gasteiger partial charge in [0.15, 0.2) is 0 Å². The van der Waals surface area contributed by atoms with Gasteiger partial charge in [-0.05, 0) is 42.7 Å². The smallest absolute Gasteiger partial charge is 0.220 e. The van der Waals surface area contributed by atoms with Gasteiger partial charge in [-0.1, -0.05) is 30.3 Å². The summed E-state index contributed by atoms with van der Waals surface area (Å²) in [5.74, 6) is 0.133. The number of aromatic nitrogens is 1.